The number of rotatable bonds is 2. The molecule has 3 rings (SSSR count). The van der Waals surface area contributed by atoms with E-state index in [0.717, 1.165) is 4.47 Å². The zero-order chi connectivity index (χ0) is 15.1. The normalized spacial score (nSPS) is 11.0. The number of H-pyrrole nitrogens is 1. The van der Waals surface area contributed by atoms with Crippen LogP contribution in [0.4, 0.5) is 4.39 Å². The first kappa shape index (κ1) is 14.6. The van der Waals surface area contributed by atoms with Crippen molar-refractivity contribution < 1.29 is 9.13 Å². The number of ether oxygens (including phenoxy) is 1. The van der Waals surface area contributed by atoms with E-state index in [0.29, 0.717) is 26.5 Å². The molecule has 0 atom stereocenters. The van der Waals surface area contributed by atoms with Crippen LogP contribution in [0.2, 0.25) is 5.02 Å². The molecule has 7 heteroatoms. The molecule has 0 aliphatic carbocycles. The molecule has 0 radical (unpaired) electrons. The van der Waals surface area contributed by atoms with Crippen LogP contribution in [-0.4, -0.2) is 16.7 Å². The molecule has 0 fully saturated rings. The Morgan fingerprint density at radius 2 is 2.10 bits per heavy atom. The molecule has 0 amide bonds. The second-order valence-electron chi connectivity index (χ2n) is 4.37. The number of nitrogens with zero attached hydrogens (tertiary/aromatic N) is 1. The summed E-state index contributed by atoms with van der Waals surface area (Å²) in [6.07, 6.45) is 0. The van der Waals surface area contributed by atoms with Gasteiger partial charge in [-0.3, -0.25) is 4.57 Å². The van der Waals surface area contributed by atoms with E-state index in [9.17, 15) is 4.39 Å². The third kappa shape index (κ3) is 2.47. The highest BCUT2D eigenvalue weighted by Gasteiger charge is 2.13. The van der Waals surface area contributed by atoms with Crippen LogP contribution in [0.5, 0.6) is 5.75 Å². The Labute approximate surface area is 138 Å². The minimum absolute atomic E-state index is 0.151. The lowest BCUT2D eigenvalue weighted by Gasteiger charge is -2.08. The van der Waals surface area contributed by atoms with Crippen LogP contribution in [0.15, 0.2) is 34.8 Å². The van der Waals surface area contributed by atoms with E-state index in [1.165, 1.54) is 13.2 Å². The highest BCUT2D eigenvalue weighted by atomic mass is 79.9. The van der Waals surface area contributed by atoms with Crippen molar-refractivity contribution in [2.45, 2.75) is 0 Å². The Morgan fingerprint density at radius 1 is 1.33 bits per heavy atom. The Morgan fingerprint density at radius 3 is 2.76 bits per heavy atom. The number of benzene rings is 2. The van der Waals surface area contributed by atoms with Gasteiger partial charge >= 0.3 is 0 Å². The number of hydrogen-bond donors (Lipinski definition) is 1. The number of nitrogens with one attached hydrogen (secondary N) is 1. The van der Waals surface area contributed by atoms with Crippen molar-refractivity contribution in [2.75, 3.05) is 7.11 Å². The fourth-order valence-corrected chi connectivity index (χ4v) is 3.23. The Kier molecular flexibility index (Phi) is 3.77. The number of aromatic amines is 1. The Bertz CT molecular complexity index is 906. The molecule has 0 bridgehead atoms. The van der Waals surface area contributed by atoms with Gasteiger partial charge in [-0.25, -0.2) is 4.39 Å². The fourth-order valence-electron chi connectivity index (χ4n) is 2.17. The molecule has 3 nitrogen and oxygen atoms in total. The second kappa shape index (κ2) is 5.44. The van der Waals surface area contributed by atoms with Crippen LogP contribution in [-0.2, 0) is 0 Å². The van der Waals surface area contributed by atoms with Crippen molar-refractivity contribution in [1.29, 1.82) is 0 Å². The predicted octanol–water partition coefficient (Wildman–Crippen LogP) is 5.25. The van der Waals surface area contributed by atoms with E-state index in [1.807, 2.05) is 12.1 Å². The minimum atomic E-state index is -0.449. The van der Waals surface area contributed by atoms with Gasteiger partial charge in [0.05, 0.1) is 28.9 Å². The van der Waals surface area contributed by atoms with Crippen molar-refractivity contribution >= 4 is 50.8 Å². The van der Waals surface area contributed by atoms with Gasteiger partial charge in [0.15, 0.2) is 16.3 Å². The summed E-state index contributed by atoms with van der Waals surface area (Å²) in [5, 5.41) is 0.532. The molecule has 0 saturated heterocycles. The molecule has 2 aromatic carbocycles. The summed E-state index contributed by atoms with van der Waals surface area (Å²) in [5.41, 5.74) is 1.99. The lowest BCUT2D eigenvalue weighted by Crippen LogP contribution is -1.96. The van der Waals surface area contributed by atoms with Gasteiger partial charge in [0.2, 0.25) is 0 Å². The summed E-state index contributed by atoms with van der Waals surface area (Å²) in [5.74, 6) is -0.297. The first-order valence-electron chi connectivity index (χ1n) is 5.95. The predicted molar refractivity (Wildman–Crippen MR) is 87.7 cm³/mol. The summed E-state index contributed by atoms with van der Waals surface area (Å²) in [6.45, 7) is 0. The first-order chi connectivity index (χ1) is 10.0. The monoisotopic (exact) mass is 386 g/mol. The van der Waals surface area contributed by atoms with Gasteiger partial charge in [-0.05, 0) is 30.4 Å². The molecule has 21 heavy (non-hydrogen) atoms. The van der Waals surface area contributed by atoms with E-state index in [2.05, 4.69) is 20.9 Å². The molecule has 1 N–H and O–H groups in total. The van der Waals surface area contributed by atoms with Crippen molar-refractivity contribution in [1.82, 2.24) is 9.55 Å². The fraction of sp³-hybridized carbons (Fsp3) is 0.0714. The highest BCUT2D eigenvalue weighted by Crippen LogP contribution is 2.30. The zero-order valence-electron chi connectivity index (χ0n) is 10.8. The number of fused-ring (bicyclic) bond motifs is 1. The van der Waals surface area contributed by atoms with Crippen molar-refractivity contribution in [3.8, 4) is 11.4 Å². The lowest BCUT2D eigenvalue weighted by molar-refractivity contribution is 0.387. The maximum absolute atomic E-state index is 13.8. The van der Waals surface area contributed by atoms with Crippen LogP contribution < -0.4 is 4.74 Å². The summed E-state index contributed by atoms with van der Waals surface area (Å²) in [6, 6.07) is 8.43. The quantitative estimate of drug-likeness (QED) is 0.609. The smallest absolute Gasteiger partial charge is 0.182 e. The average Bonchev–Trinajstić information content (AvgIpc) is 2.73. The van der Waals surface area contributed by atoms with Crippen molar-refractivity contribution in [3.05, 3.63) is 50.4 Å². The minimum Gasteiger partial charge on any atom is -0.494 e. The topological polar surface area (TPSA) is 29.9 Å². The van der Waals surface area contributed by atoms with Crippen molar-refractivity contribution in [3.63, 3.8) is 0 Å². The lowest BCUT2D eigenvalue weighted by atomic mass is 10.2. The van der Waals surface area contributed by atoms with E-state index in [-0.39, 0.29) is 5.75 Å². The Hall–Kier alpha value is -1.37. The van der Waals surface area contributed by atoms with Crippen LogP contribution >= 0.6 is 39.7 Å². The van der Waals surface area contributed by atoms with Gasteiger partial charge in [0, 0.05) is 16.6 Å². The van der Waals surface area contributed by atoms with E-state index < -0.39 is 5.82 Å². The molecular weight excluding hydrogens is 379 g/mol. The van der Waals surface area contributed by atoms with Gasteiger partial charge in [0.1, 0.15) is 0 Å². The standard InChI is InChI=1S/C14H9BrClFN2OS/c1-20-13-6-12-10(5-9(13)17)18-14(21)19(12)11-3-2-7(15)4-8(11)16/h2-6H,1H3,(H,18,21). The largest absolute Gasteiger partial charge is 0.494 e. The molecule has 0 aliphatic rings. The van der Waals surface area contributed by atoms with Crippen LogP contribution in [0.1, 0.15) is 0 Å². The molecule has 0 unspecified atom stereocenters. The SMILES string of the molecule is COc1cc2c(cc1F)[nH]c(=S)n2-c1ccc(Br)cc1Cl. The third-order valence-corrected chi connectivity index (χ3v) is 4.19. The zero-order valence-corrected chi connectivity index (χ0v) is 13.9. The van der Waals surface area contributed by atoms with E-state index in [1.54, 1.807) is 16.7 Å². The molecule has 0 saturated carbocycles. The summed E-state index contributed by atoms with van der Waals surface area (Å²) in [7, 11) is 1.42. The van der Waals surface area contributed by atoms with Crippen LogP contribution in [0, 0.1) is 10.6 Å². The van der Waals surface area contributed by atoms with E-state index in [4.69, 9.17) is 28.6 Å². The van der Waals surface area contributed by atoms with Gasteiger partial charge in [-0.1, -0.05) is 27.5 Å². The summed E-state index contributed by atoms with van der Waals surface area (Å²) >= 11 is 15.0. The number of halogens is 3. The first-order valence-corrected chi connectivity index (χ1v) is 7.53. The van der Waals surface area contributed by atoms with Gasteiger partial charge in [-0.2, -0.15) is 0 Å². The average molecular weight is 388 g/mol. The molecule has 1 aromatic heterocycles. The third-order valence-electron chi connectivity index (χ3n) is 3.11. The van der Waals surface area contributed by atoms with Gasteiger partial charge < -0.3 is 9.72 Å². The van der Waals surface area contributed by atoms with Crippen LogP contribution in [0.3, 0.4) is 0 Å². The Balaban J connectivity index is 2.36. The van der Waals surface area contributed by atoms with Gasteiger partial charge in [0.25, 0.3) is 0 Å². The molecule has 0 aliphatic heterocycles. The molecular formula is C14H9BrClFN2OS. The van der Waals surface area contributed by atoms with Crippen LogP contribution in [0.25, 0.3) is 16.7 Å². The maximum atomic E-state index is 13.8. The maximum Gasteiger partial charge on any atom is 0.182 e. The summed E-state index contributed by atoms with van der Waals surface area (Å²) < 4.78 is 21.9. The van der Waals surface area contributed by atoms with Gasteiger partial charge in [-0.15, -0.1) is 0 Å². The number of imidazole rings is 1. The highest BCUT2D eigenvalue weighted by molar-refractivity contribution is 9.10. The molecule has 0 spiro atoms. The molecule has 3 aromatic rings. The van der Waals surface area contributed by atoms with E-state index >= 15 is 0 Å². The molecule has 1 heterocycles. The van der Waals surface area contributed by atoms with Crippen molar-refractivity contribution in [2.24, 2.45) is 0 Å². The summed E-state index contributed by atoms with van der Waals surface area (Å²) in [4.78, 5) is 2.97. The number of hydrogen-bond acceptors (Lipinski definition) is 2. The number of aromatic nitrogens is 2. The second-order valence-corrected chi connectivity index (χ2v) is 6.07. The molecule has 108 valence electrons. The number of methoxy groups -OCH3 is 1.